The zero-order valence-corrected chi connectivity index (χ0v) is 15.8. The topological polar surface area (TPSA) is 37.3 Å². The number of hydrogen-bond donors (Lipinski definition) is 1. The number of alkyl halides is 3. The minimum atomic E-state index is -4.53. The van der Waals surface area contributed by atoms with Crippen LogP contribution in [-0.2, 0) is 4.79 Å². The minimum Gasteiger partial charge on any atom is -0.483 e. The number of carboxylic acid groups (broad SMARTS) is 1. The van der Waals surface area contributed by atoms with Gasteiger partial charge >= 0.3 is 6.18 Å². The van der Waals surface area contributed by atoms with Crippen molar-refractivity contribution in [2.24, 2.45) is 0 Å². The maximum Gasteiger partial charge on any atom is 0.399 e. The quantitative estimate of drug-likeness (QED) is 0.435. The third-order valence-corrected chi connectivity index (χ3v) is 4.30. The Morgan fingerprint density at radius 3 is 2.11 bits per heavy atom. The number of carbonyl (C=O) groups is 1. The van der Waals surface area contributed by atoms with Gasteiger partial charge in [0.15, 0.2) is 0 Å². The summed E-state index contributed by atoms with van der Waals surface area (Å²) in [5, 5.41) is 7.03. The summed E-state index contributed by atoms with van der Waals surface area (Å²) in [7, 11) is 0. The second-order valence-electron chi connectivity index (χ2n) is 5.63. The highest BCUT2D eigenvalue weighted by Gasteiger charge is 2.39. The van der Waals surface area contributed by atoms with Crippen molar-refractivity contribution >= 4 is 35.8 Å². The fraction of sp³-hybridized carbons (Fsp3) is 0.211. The van der Waals surface area contributed by atoms with Gasteiger partial charge in [-0.2, -0.15) is 13.2 Å². The standard InChI is InChI=1S/C18H14Cl2F4.CH2O2/c1-10-3-4-12(8-15(10)19)5-6-14(18(22,23)24)13-7-11(2)17(21)16(20)9-13;2-1-3/h3-9,14H,1-2H3;1H,(H,2,3)/b6-5+;. The van der Waals surface area contributed by atoms with E-state index in [4.69, 9.17) is 33.1 Å². The smallest absolute Gasteiger partial charge is 0.399 e. The third-order valence-electron chi connectivity index (χ3n) is 3.62. The van der Waals surface area contributed by atoms with E-state index in [1.807, 2.05) is 0 Å². The zero-order valence-electron chi connectivity index (χ0n) is 14.3. The van der Waals surface area contributed by atoms with E-state index in [2.05, 4.69) is 0 Å². The van der Waals surface area contributed by atoms with Crippen molar-refractivity contribution in [3.8, 4) is 0 Å². The molecular formula is C19H16Cl2F4O2. The number of benzene rings is 2. The van der Waals surface area contributed by atoms with Crippen LogP contribution < -0.4 is 0 Å². The van der Waals surface area contributed by atoms with Crippen LogP contribution in [0.4, 0.5) is 17.6 Å². The number of rotatable bonds is 3. The molecule has 27 heavy (non-hydrogen) atoms. The van der Waals surface area contributed by atoms with Gasteiger partial charge in [0.2, 0.25) is 0 Å². The van der Waals surface area contributed by atoms with Crippen LogP contribution in [0.3, 0.4) is 0 Å². The normalized spacial score (nSPS) is 12.4. The summed E-state index contributed by atoms with van der Waals surface area (Å²) in [6.07, 6.45) is -2.17. The van der Waals surface area contributed by atoms with Crippen LogP contribution in [0.1, 0.15) is 28.2 Å². The highest BCUT2D eigenvalue weighted by Crippen LogP contribution is 2.38. The van der Waals surface area contributed by atoms with Crippen molar-refractivity contribution in [1.82, 2.24) is 0 Å². The summed E-state index contributed by atoms with van der Waals surface area (Å²) in [4.78, 5) is 8.36. The summed E-state index contributed by atoms with van der Waals surface area (Å²) in [6, 6.07) is 7.15. The molecule has 2 nitrogen and oxygen atoms in total. The largest absolute Gasteiger partial charge is 0.483 e. The van der Waals surface area contributed by atoms with Gasteiger partial charge < -0.3 is 5.11 Å². The van der Waals surface area contributed by atoms with Crippen molar-refractivity contribution in [1.29, 1.82) is 0 Å². The van der Waals surface area contributed by atoms with Crippen molar-refractivity contribution in [3.63, 3.8) is 0 Å². The lowest BCUT2D eigenvalue weighted by Gasteiger charge is -2.18. The molecule has 0 spiro atoms. The predicted octanol–water partition coefficient (Wildman–Crippen LogP) is 6.81. The molecule has 0 aliphatic rings. The van der Waals surface area contributed by atoms with Gasteiger partial charge in [0, 0.05) is 5.02 Å². The minimum absolute atomic E-state index is 0.0681. The highest BCUT2D eigenvalue weighted by atomic mass is 35.5. The second-order valence-corrected chi connectivity index (χ2v) is 6.44. The summed E-state index contributed by atoms with van der Waals surface area (Å²) < 4.78 is 53.8. The lowest BCUT2D eigenvalue weighted by Crippen LogP contribution is -2.19. The van der Waals surface area contributed by atoms with Gasteiger partial charge in [0.05, 0.1) is 10.9 Å². The van der Waals surface area contributed by atoms with E-state index in [1.54, 1.807) is 25.1 Å². The number of hydrogen-bond acceptors (Lipinski definition) is 1. The van der Waals surface area contributed by atoms with Crippen LogP contribution in [0.5, 0.6) is 0 Å². The molecule has 2 aromatic carbocycles. The Hall–Kier alpha value is -2.05. The molecule has 0 aliphatic heterocycles. The average molecular weight is 423 g/mol. The van der Waals surface area contributed by atoms with E-state index in [0.29, 0.717) is 10.6 Å². The molecule has 0 amide bonds. The van der Waals surface area contributed by atoms with Crippen LogP contribution in [-0.4, -0.2) is 17.8 Å². The van der Waals surface area contributed by atoms with E-state index in [0.717, 1.165) is 23.8 Å². The third kappa shape index (κ3) is 6.56. The van der Waals surface area contributed by atoms with Crippen LogP contribution in [0, 0.1) is 19.7 Å². The molecule has 0 saturated heterocycles. The molecule has 2 rings (SSSR count). The Bertz CT molecular complexity index is 810. The lowest BCUT2D eigenvalue weighted by atomic mass is 9.95. The van der Waals surface area contributed by atoms with Crippen molar-refractivity contribution in [3.05, 3.63) is 74.5 Å². The summed E-state index contributed by atoms with van der Waals surface area (Å²) in [5.74, 6) is -2.61. The molecule has 0 aromatic heterocycles. The fourth-order valence-corrected chi connectivity index (χ4v) is 2.73. The Balaban J connectivity index is 0.00000114. The van der Waals surface area contributed by atoms with E-state index < -0.39 is 17.9 Å². The fourth-order valence-electron chi connectivity index (χ4n) is 2.26. The summed E-state index contributed by atoms with van der Waals surface area (Å²) in [6.45, 7) is 2.93. The SMILES string of the molecule is Cc1ccc(/C=C/C(c2cc(C)c(F)c(Cl)c2)C(F)(F)F)cc1Cl.O=CO. The first-order chi connectivity index (χ1) is 12.5. The highest BCUT2D eigenvalue weighted by molar-refractivity contribution is 6.31. The van der Waals surface area contributed by atoms with E-state index >= 15 is 0 Å². The van der Waals surface area contributed by atoms with Gasteiger partial charge in [0.25, 0.3) is 6.47 Å². The van der Waals surface area contributed by atoms with Crippen LogP contribution >= 0.6 is 23.2 Å². The second kappa shape index (κ2) is 9.76. The first kappa shape index (κ1) is 23.0. The van der Waals surface area contributed by atoms with Gasteiger partial charge in [-0.25, -0.2) is 4.39 Å². The molecule has 1 atom stereocenters. The van der Waals surface area contributed by atoms with Gasteiger partial charge in [-0.05, 0) is 48.2 Å². The van der Waals surface area contributed by atoms with Crippen molar-refractivity contribution in [2.75, 3.05) is 0 Å². The molecule has 1 N–H and O–H groups in total. The molecule has 0 radical (unpaired) electrons. The Morgan fingerprint density at radius 2 is 1.63 bits per heavy atom. The molecule has 8 heteroatoms. The molecule has 0 aliphatic carbocycles. The number of aryl methyl sites for hydroxylation is 2. The van der Waals surface area contributed by atoms with Crippen molar-refractivity contribution in [2.45, 2.75) is 25.9 Å². The van der Waals surface area contributed by atoms with Gasteiger partial charge in [-0.15, -0.1) is 0 Å². The van der Waals surface area contributed by atoms with Crippen LogP contribution in [0.25, 0.3) is 6.08 Å². The average Bonchev–Trinajstić information content (AvgIpc) is 2.55. The van der Waals surface area contributed by atoms with E-state index in [9.17, 15) is 17.6 Å². The Labute approximate surface area is 164 Å². The first-order valence-corrected chi connectivity index (χ1v) is 8.31. The Kier molecular flexibility index (Phi) is 8.31. The molecule has 1 unspecified atom stereocenters. The number of halogens is 6. The van der Waals surface area contributed by atoms with Gasteiger partial charge in [0.1, 0.15) is 5.82 Å². The molecule has 2 aromatic rings. The molecule has 0 heterocycles. The van der Waals surface area contributed by atoms with Crippen molar-refractivity contribution < 1.29 is 27.5 Å². The first-order valence-electron chi connectivity index (χ1n) is 7.55. The maximum absolute atomic E-state index is 13.6. The van der Waals surface area contributed by atoms with E-state index in [-0.39, 0.29) is 22.6 Å². The lowest BCUT2D eigenvalue weighted by molar-refractivity contribution is -0.139. The monoisotopic (exact) mass is 422 g/mol. The predicted molar refractivity (Wildman–Crippen MR) is 98.9 cm³/mol. The number of allylic oxidation sites excluding steroid dienone is 1. The van der Waals surface area contributed by atoms with Gasteiger partial charge in [-0.3, -0.25) is 4.79 Å². The Morgan fingerprint density at radius 1 is 1.04 bits per heavy atom. The maximum atomic E-state index is 13.6. The van der Waals surface area contributed by atoms with Crippen LogP contribution in [0.2, 0.25) is 10.0 Å². The summed E-state index contributed by atoms with van der Waals surface area (Å²) in [5.41, 5.74) is 1.34. The molecule has 0 saturated carbocycles. The zero-order chi connectivity index (χ0) is 20.8. The summed E-state index contributed by atoms with van der Waals surface area (Å²) >= 11 is 11.7. The van der Waals surface area contributed by atoms with E-state index in [1.165, 1.54) is 13.0 Å². The van der Waals surface area contributed by atoms with Gasteiger partial charge in [-0.1, -0.05) is 53.6 Å². The molecule has 0 fully saturated rings. The molecule has 146 valence electrons. The molecule has 0 bridgehead atoms. The molecular weight excluding hydrogens is 407 g/mol. The van der Waals surface area contributed by atoms with Crippen LogP contribution in [0.15, 0.2) is 36.4 Å².